The number of nitrogens with one attached hydrogen (secondary N) is 1. The number of hydrogen-bond acceptors (Lipinski definition) is 3. The van der Waals surface area contributed by atoms with Gasteiger partial charge in [0.05, 0.1) is 12.5 Å². The van der Waals surface area contributed by atoms with Crippen LogP contribution in [0.1, 0.15) is 24.0 Å². The van der Waals surface area contributed by atoms with Crippen molar-refractivity contribution in [2.75, 3.05) is 18.9 Å². The van der Waals surface area contributed by atoms with Gasteiger partial charge in [-0.2, -0.15) is 0 Å². The van der Waals surface area contributed by atoms with Crippen LogP contribution >= 0.6 is 0 Å². The van der Waals surface area contributed by atoms with Crippen molar-refractivity contribution in [3.8, 4) is 0 Å². The number of amides is 2. The summed E-state index contributed by atoms with van der Waals surface area (Å²) in [5, 5.41) is 2.58. The zero-order valence-corrected chi connectivity index (χ0v) is 14.2. The lowest BCUT2D eigenvalue weighted by Gasteiger charge is -2.21. The van der Waals surface area contributed by atoms with Gasteiger partial charge in [-0.15, -0.1) is 0 Å². The largest absolute Gasteiger partial charge is 0.336 e. The zero-order chi connectivity index (χ0) is 18.6. The molecule has 25 heavy (non-hydrogen) atoms. The highest BCUT2D eigenvalue weighted by Gasteiger charge is 2.26. The number of carbonyl (C=O) groups is 2. The van der Waals surface area contributed by atoms with Crippen molar-refractivity contribution >= 4 is 17.6 Å². The molecule has 0 saturated carbocycles. The monoisotopic (exact) mass is 347 g/mol. The van der Waals surface area contributed by atoms with E-state index in [1.54, 1.807) is 18.3 Å². The van der Waals surface area contributed by atoms with Crippen LogP contribution in [0.5, 0.6) is 0 Å². The number of benzene rings is 1. The zero-order valence-electron chi connectivity index (χ0n) is 14.2. The molecule has 0 aliphatic rings. The number of rotatable bonds is 5. The third-order valence-electron chi connectivity index (χ3n) is 3.74. The second kappa shape index (κ2) is 7.83. The van der Waals surface area contributed by atoms with Crippen LogP contribution in [-0.2, 0) is 9.59 Å². The topological polar surface area (TPSA) is 62.3 Å². The van der Waals surface area contributed by atoms with E-state index in [0.717, 1.165) is 22.6 Å². The molecule has 0 radical (unpaired) electrons. The Morgan fingerprint density at radius 2 is 1.88 bits per heavy atom. The van der Waals surface area contributed by atoms with Gasteiger partial charge in [0.1, 0.15) is 17.5 Å². The summed E-state index contributed by atoms with van der Waals surface area (Å²) >= 11 is 0. The van der Waals surface area contributed by atoms with Crippen LogP contribution < -0.4 is 5.32 Å². The third kappa shape index (κ3) is 4.59. The van der Waals surface area contributed by atoms with E-state index in [2.05, 4.69) is 10.3 Å². The van der Waals surface area contributed by atoms with Crippen molar-refractivity contribution in [2.24, 2.45) is 0 Å². The molecule has 0 aliphatic carbocycles. The number of carbonyl (C=O) groups excluding carboxylic acids is 2. The molecule has 2 aromatic rings. The average Bonchev–Trinajstić information content (AvgIpc) is 2.53. The van der Waals surface area contributed by atoms with E-state index in [0.29, 0.717) is 5.82 Å². The van der Waals surface area contributed by atoms with Gasteiger partial charge in [0.2, 0.25) is 11.8 Å². The first-order chi connectivity index (χ1) is 11.8. The number of aromatic nitrogens is 1. The van der Waals surface area contributed by atoms with E-state index in [-0.39, 0.29) is 12.1 Å². The number of nitrogens with zero attached hydrogens (tertiary/aromatic N) is 2. The van der Waals surface area contributed by atoms with Crippen LogP contribution in [-0.4, -0.2) is 35.3 Å². The predicted molar refractivity (Wildman–Crippen MR) is 90.0 cm³/mol. The lowest BCUT2D eigenvalue weighted by molar-refractivity contribution is -0.134. The molecule has 0 saturated heterocycles. The Hall–Kier alpha value is -2.83. The first-order valence-corrected chi connectivity index (χ1v) is 7.71. The Morgan fingerprint density at radius 1 is 1.24 bits per heavy atom. The molecule has 0 spiro atoms. The van der Waals surface area contributed by atoms with Gasteiger partial charge in [0.25, 0.3) is 0 Å². The van der Waals surface area contributed by atoms with E-state index in [1.165, 1.54) is 20.0 Å². The molecule has 132 valence electrons. The van der Waals surface area contributed by atoms with Crippen LogP contribution in [0, 0.1) is 18.6 Å². The summed E-state index contributed by atoms with van der Waals surface area (Å²) < 4.78 is 27.6. The number of halogens is 2. The molecule has 2 amide bonds. The van der Waals surface area contributed by atoms with Crippen LogP contribution in [0.25, 0.3) is 0 Å². The summed E-state index contributed by atoms with van der Waals surface area (Å²) in [7, 11) is 1.40. The molecule has 0 fully saturated rings. The molecule has 1 N–H and O–H groups in total. The quantitative estimate of drug-likeness (QED) is 0.905. The fourth-order valence-corrected chi connectivity index (χ4v) is 2.46. The van der Waals surface area contributed by atoms with Crippen LogP contribution in [0.4, 0.5) is 14.6 Å². The Morgan fingerprint density at radius 3 is 2.48 bits per heavy atom. The van der Waals surface area contributed by atoms with Crippen molar-refractivity contribution in [1.29, 1.82) is 0 Å². The first-order valence-electron chi connectivity index (χ1n) is 7.71. The van der Waals surface area contributed by atoms with Crippen molar-refractivity contribution in [3.63, 3.8) is 0 Å². The second-order valence-corrected chi connectivity index (χ2v) is 5.82. The third-order valence-corrected chi connectivity index (χ3v) is 3.74. The van der Waals surface area contributed by atoms with Gasteiger partial charge in [-0.1, -0.05) is 6.07 Å². The molecule has 1 unspecified atom stereocenters. The minimum absolute atomic E-state index is 0.255. The lowest BCUT2D eigenvalue weighted by Crippen LogP contribution is -2.37. The summed E-state index contributed by atoms with van der Waals surface area (Å²) in [6.45, 7) is 3.01. The van der Waals surface area contributed by atoms with Gasteiger partial charge >= 0.3 is 0 Å². The second-order valence-electron chi connectivity index (χ2n) is 5.82. The van der Waals surface area contributed by atoms with Crippen LogP contribution in [0.3, 0.4) is 0 Å². The maximum atomic E-state index is 13.8. The first kappa shape index (κ1) is 18.5. The molecule has 5 nitrogen and oxygen atoms in total. The summed E-state index contributed by atoms with van der Waals surface area (Å²) in [6.07, 6.45) is 1.56. The summed E-state index contributed by atoms with van der Waals surface area (Å²) in [4.78, 5) is 29.6. The molecule has 1 atom stereocenters. The molecule has 0 bridgehead atoms. The standard InChI is InChI=1S/C18H19F2N3O2/c1-11-7-8-21-15(9-11)22-16(24)10-23(3)18(25)12(2)17-13(19)5-4-6-14(17)20/h4-9,12H,10H2,1-3H3,(H,21,22,24). The molecule has 7 heteroatoms. The molecule has 1 aromatic carbocycles. The Balaban J connectivity index is 2.03. The minimum Gasteiger partial charge on any atom is -0.336 e. The van der Waals surface area contributed by atoms with E-state index in [4.69, 9.17) is 0 Å². The summed E-state index contributed by atoms with van der Waals surface area (Å²) in [5.41, 5.74) is 0.624. The van der Waals surface area contributed by atoms with E-state index >= 15 is 0 Å². The molecular formula is C18H19F2N3O2. The highest BCUT2D eigenvalue weighted by molar-refractivity contribution is 5.94. The summed E-state index contributed by atoms with van der Waals surface area (Å²) in [5.74, 6) is -3.26. The highest BCUT2D eigenvalue weighted by atomic mass is 19.1. The maximum Gasteiger partial charge on any atom is 0.245 e. The fourth-order valence-electron chi connectivity index (χ4n) is 2.46. The summed E-state index contributed by atoms with van der Waals surface area (Å²) in [6, 6.07) is 6.90. The molecule has 0 aliphatic heterocycles. The Bertz CT molecular complexity index is 775. The maximum absolute atomic E-state index is 13.8. The fraction of sp³-hybridized carbons (Fsp3) is 0.278. The van der Waals surface area contributed by atoms with Gasteiger partial charge < -0.3 is 10.2 Å². The van der Waals surface area contributed by atoms with Gasteiger partial charge in [0.15, 0.2) is 0 Å². The number of likely N-dealkylation sites (N-methyl/N-ethyl adjacent to an activating group) is 1. The number of hydrogen-bond donors (Lipinski definition) is 1. The van der Waals surface area contributed by atoms with Gasteiger partial charge in [-0.3, -0.25) is 9.59 Å². The van der Waals surface area contributed by atoms with E-state index < -0.39 is 29.4 Å². The lowest BCUT2D eigenvalue weighted by atomic mass is 9.98. The average molecular weight is 347 g/mol. The Kier molecular flexibility index (Phi) is 5.80. The van der Waals surface area contributed by atoms with Crippen molar-refractivity contribution < 1.29 is 18.4 Å². The van der Waals surface area contributed by atoms with Crippen molar-refractivity contribution in [3.05, 3.63) is 59.3 Å². The molecule has 1 heterocycles. The van der Waals surface area contributed by atoms with Crippen LogP contribution in [0.2, 0.25) is 0 Å². The van der Waals surface area contributed by atoms with E-state index in [9.17, 15) is 18.4 Å². The van der Waals surface area contributed by atoms with Gasteiger partial charge in [-0.05, 0) is 43.7 Å². The van der Waals surface area contributed by atoms with Gasteiger partial charge in [-0.25, -0.2) is 13.8 Å². The van der Waals surface area contributed by atoms with Crippen molar-refractivity contribution in [1.82, 2.24) is 9.88 Å². The Labute approximate surface area is 144 Å². The molecular weight excluding hydrogens is 328 g/mol. The SMILES string of the molecule is Cc1ccnc(NC(=O)CN(C)C(=O)C(C)c2c(F)cccc2F)c1. The normalized spacial score (nSPS) is 11.7. The minimum atomic E-state index is -1.05. The van der Waals surface area contributed by atoms with E-state index in [1.807, 2.05) is 6.92 Å². The predicted octanol–water partition coefficient (Wildman–Crippen LogP) is 2.87. The molecule has 2 rings (SSSR count). The number of aryl methyl sites for hydroxylation is 1. The van der Waals surface area contributed by atoms with Crippen molar-refractivity contribution in [2.45, 2.75) is 19.8 Å². The smallest absolute Gasteiger partial charge is 0.245 e. The van der Waals surface area contributed by atoms with Gasteiger partial charge in [0, 0.05) is 18.8 Å². The number of pyridine rings is 1. The molecule has 1 aromatic heterocycles. The highest BCUT2D eigenvalue weighted by Crippen LogP contribution is 2.23. The van der Waals surface area contributed by atoms with Crippen LogP contribution in [0.15, 0.2) is 36.5 Å². The number of anilines is 1.